The van der Waals surface area contributed by atoms with Crippen LogP contribution in [0.15, 0.2) is 35.0 Å². The number of rotatable bonds is 3. The molecule has 0 radical (unpaired) electrons. The molecule has 0 fully saturated rings. The molecule has 0 spiro atoms. The second kappa shape index (κ2) is 5.83. The number of hydrogen-bond donors (Lipinski definition) is 0. The Hall–Kier alpha value is -2.69. The average Bonchev–Trinajstić information content (AvgIpc) is 3.03. The van der Waals surface area contributed by atoms with Gasteiger partial charge in [0.15, 0.2) is 11.6 Å². The fraction of sp³-hybridized carbons (Fsp3) is 0.278. The molecule has 1 aromatic heterocycles. The van der Waals surface area contributed by atoms with Crippen LogP contribution in [0.5, 0.6) is 0 Å². The summed E-state index contributed by atoms with van der Waals surface area (Å²) in [4.78, 5) is 16.1. The van der Waals surface area contributed by atoms with Crippen LogP contribution in [0, 0.1) is 20.8 Å². The highest BCUT2D eigenvalue weighted by Crippen LogP contribution is 2.23. The number of carbonyl (C=O) groups is 1. The van der Waals surface area contributed by atoms with E-state index in [-0.39, 0.29) is 0 Å². The van der Waals surface area contributed by atoms with Gasteiger partial charge in [-0.2, -0.15) is 5.10 Å². The molecule has 1 aromatic carbocycles. The van der Waals surface area contributed by atoms with E-state index in [2.05, 4.69) is 29.1 Å². The van der Waals surface area contributed by atoms with Crippen molar-refractivity contribution in [2.24, 2.45) is 4.99 Å². The average molecular weight is 309 g/mol. The molecule has 23 heavy (non-hydrogen) atoms. The summed E-state index contributed by atoms with van der Waals surface area (Å²) in [7, 11) is 0. The van der Waals surface area contributed by atoms with Gasteiger partial charge in [-0.25, -0.2) is 14.5 Å². The van der Waals surface area contributed by atoms with E-state index < -0.39 is 5.97 Å². The van der Waals surface area contributed by atoms with Crippen LogP contribution in [0.3, 0.4) is 0 Å². The summed E-state index contributed by atoms with van der Waals surface area (Å²) >= 11 is 0. The van der Waals surface area contributed by atoms with E-state index in [0.29, 0.717) is 18.0 Å². The Kier molecular flexibility index (Phi) is 3.86. The van der Waals surface area contributed by atoms with Crippen LogP contribution in [0.25, 0.3) is 11.8 Å². The summed E-state index contributed by atoms with van der Waals surface area (Å²) in [6.07, 6.45) is 2.36. The summed E-state index contributed by atoms with van der Waals surface area (Å²) in [5.41, 5.74) is 5.24. The van der Waals surface area contributed by atoms with Gasteiger partial charge < -0.3 is 4.74 Å². The fourth-order valence-corrected chi connectivity index (χ4v) is 2.54. The number of aliphatic imine (C=N–C) groups is 1. The first kappa shape index (κ1) is 15.2. The third-order valence-electron chi connectivity index (χ3n) is 3.87. The normalized spacial score (nSPS) is 15.9. The summed E-state index contributed by atoms with van der Waals surface area (Å²) in [6.45, 7) is 7.86. The molecule has 0 bridgehead atoms. The molecule has 0 atom stereocenters. The Bertz CT molecular complexity index is 827. The third kappa shape index (κ3) is 2.82. The smallest absolute Gasteiger partial charge is 0.363 e. The molecular formula is C18H19N3O2. The lowest BCUT2D eigenvalue weighted by molar-refractivity contribution is -0.130. The molecule has 1 aliphatic heterocycles. The number of aromatic nitrogens is 2. The minimum atomic E-state index is -0.399. The number of aryl methyl sites for hydroxylation is 2. The minimum Gasteiger partial charge on any atom is -0.407 e. The van der Waals surface area contributed by atoms with Crippen molar-refractivity contribution < 1.29 is 9.53 Å². The van der Waals surface area contributed by atoms with Gasteiger partial charge in [-0.3, -0.25) is 0 Å². The standard InChI is InChI=1S/C18H19N3O2/c1-5-17-19-16(18(22)23-17)10-15-12(3)20-21(13(15)4)14-8-6-11(2)7-9-14/h6-10H,5H2,1-4H3/b16-10-. The maximum Gasteiger partial charge on any atom is 0.363 e. The SMILES string of the molecule is CCC1=N/C(=C\c2c(C)nn(-c3ccc(C)cc3)c2C)C(=O)O1. The summed E-state index contributed by atoms with van der Waals surface area (Å²) < 4.78 is 6.98. The number of carbonyl (C=O) groups excluding carboxylic acids is 1. The molecule has 5 heteroatoms. The molecule has 3 rings (SSSR count). The zero-order chi connectivity index (χ0) is 16.6. The van der Waals surface area contributed by atoms with E-state index in [0.717, 1.165) is 22.6 Å². The van der Waals surface area contributed by atoms with Crippen molar-refractivity contribution in [1.82, 2.24) is 9.78 Å². The third-order valence-corrected chi connectivity index (χ3v) is 3.87. The lowest BCUT2D eigenvalue weighted by Crippen LogP contribution is -2.02. The lowest BCUT2D eigenvalue weighted by Gasteiger charge is -2.04. The first-order chi connectivity index (χ1) is 11.0. The van der Waals surface area contributed by atoms with Crippen molar-refractivity contribution in [2.45, 2.75) is 34.1 Å². The van der Waals surface area contributed by atoms with Crippen LogP contribution in [0.1, 0.15) is 35.9 Å². The Morgan fingerprint density at radius 2 is 1.87 bits per heavy atom. The summed E-state index contributed by atoms with van der Waals surface area (Å²) in [5, 5.41) is 4.59. The van der Waals surface area contributed by atoms with Gasteiger partial charge in [0.2, 0.25) is 0 Å². The topological polar surface area (TPSA) is 56.5 Å². The van der Waals surface area contributed by atoms with Crippen LogP contribution >= 0.6 is 0 Å². The van der Waals surface area contributed by atoms with E-state index in [1.807, 2.05) is 37.6 Å². The van der Waals surface area contributed by atoms with Gasteiger partial charge in [-0.05, 0) is 39.0 Å². The zero-order valence-corrected chi connectivity index (χ0v) is 13.8. The maximum absolute atomic E-state index is 11.9. The molecule has 0 unspecified atom stereocenters. The van der Waals surface area contributed by atoms with Crippen LogP contribution in [0.2, 0.25) is 0 Å². The number of cyclic esters (lactones) is 1. The van der Waals surface area contributed by atoms with Crippen LogP contribution in [-0.4, -0.2) is 21.6 Å². The molecule has 1 aliphatic rings. The maximum atomic E-state index is 11.9. The van der Waals surface area contributed by atoms with Crippen molar-refractivity contribution in [3.05, 3.63) is 52.5 Å². The molecule has 0 saturated carbocycles. The molecule has 0 amide bonds. The largest absolute Gasteiger partial charge is 0.407 e. The van der Waals surface area contributed by atoms with Crippen LogP contribution in [-0.2, 0) is 9.53 Å². The van der Waals surface area contributed by atoms with Crippen LogP contribution < -0.4 is 0 Å². The number of hydrogen-bond acceptors (Lipinski definition) is 4. The Morgan fingerprint density at radius 1 is 1.17 bits per heavy atom. The number of benzene rings is 1. The van der Waals surface area contributed by atoms with Gasteiger partial charge in [0.05, 0.1) is 11.4 Å². The predicted molar refractivity (Wildman–Crippen MR) is 89.6 cm³/mol. The number of nitrogens with zero attached hydrogens (tertiary/aromatic N) is 3. The molecule has 0 aliphatic carbocycles. The van der Waals surface area contributed by atoms with E-state index in [4.69, 9.17) is 4.74 Å². The van der Waals surface area contributed by atoms with Gasteiger partial charge in [-0.1, -0.05) is 24.6 Å². The second-order valence-corrected chi connectivity index (χ2v) is 5.61. The van der Waals surface area contributed by atoms with Crippen LogP contribution in [0.4, 0.5) is 0 Å². The van der Waals surface area contributed by atoms with Crippen molar-refractivity contribution in [3.8, 4) is 5.69 Å². The molecule has 0 N–H and O–H groups in total. The van der Waals surface area contributed by atoms with Crippen molar-refractivity contribution in [2.75, 3.05) is 0 Å². The molecular weight excluding hydrogens is 290 g/mol. The first-order valence-corrected chi connectivity index (χ1v) is 7.64. The van der Waals surface area contributed by atoms with Gasteiger partial charge in [-0.15, -0.1) is 0 Å². The highest BCUT2D eigenvalue weighted by Gasteiger charge is 2.23. The van der Waals surface area contributed by atoms with E-state index >= 15 is 0 Å². The highest BCUT2D eigenvalue weighted by atomic mass is 16.6. The monoisotopic (exact) mass is 309 g/mol. The van der Waals surface area contributed by atoms with Crippen molar-refractivity contribution in [1.29, 1.82) is 0 Å². The van der Waals surface area contributed by atoms with Gasteiger partial charge in [0, 0.05) is 17.7 Å². The molecule has 118 valence electrons. The Balaban J connectivity index is 2.04. The van der Waals surface area contributed by atoms with E-state index in [1.54, 1.807) is 6.08 Å². The molecule has 2 aromatic rings. The lowest BCUT2D eigenvalue weighted by atomic mass is 10.1. The van der Waals surface area contributed by atoms with Gasteiger partial charge >= 0.3 is 5.97 Å². The minimum absolute atomic E-state index is 0.330. The van der Waals surface area contributed by atoms with E-state index in [1.165, 1.54) is 5.56 Å². The Labute approximate surface area is 135 Å². The van der Waals surface area contributed by atoms with Crippen molar-refractivity contribution >= 4 is 17.9 Å². The summed E-state index contributed by atoms with van der Waals surface area (Å²) in [5.74, 6) is 0.0613. The van der Waals surface area contributed by atoms with E-state index in [9.17, 15) is 4.79 Å². The van der Waals surface area contributed by atoms with Gasteiger partial charge in [0.25, 0.3) is 0 Å². The fourth-order valence-electron chi connectivity index (χ4n) is 2.54. The second-order valence-electron chi connectivity index (χ2n) is 5.61. The number of ether oxygens (including phenoxy) is 1. The highest BCUT2D eigenvalue weighted by molar-refractivity contribution is 6.07. The quantitative estimate of drug-likeness (QED) is 0.644. The zero-order valence-electron chi connectivity index (χ0n) is 13.8. The molecule has 0 saturated heterocycles. The first-order valence-electron chi connectivity index (χ1n) is 7.64. The summed E-state index contributed by atoms with van der Waals surface area (Å²) in [6, 6.07) is 8.16. The van der Waals surface area contributed by atoms with Crippen molar-refractivity contribution in [3.63, 3.8) is 0 Å². The van der Waals surface area contributed by atoms with Gasteiger partial charge in [0.1, 0.15) is 0 Å². The molecule has 5 nitrogen and oxygen atoms in total. The Morgan fingerprint density at radius 3 is 2.48 bits per heavy atom. The number of esters is 1. The predicted octanol–water partition coefficient (Wildman–Crippen LogP) is 3.50. The molecule has 2 heterocycles.